The first-order valence-corrected chi connectivity index (χ1v) is 5.38. The van der Waals surface area contributed by atoms with Crippen molar-refractivity contribution in [2.24, 2.45) is 11.7 Å². The summed E-state index contributed by atoms with van der Waals surface area (Å²) >= 11 is 0. The average molecular weight is 211 g/mol. The van der Waals surface area contributed by atoms with E-state index in [1.807, 2.05) is 19.9 Å². The van der Waals surface area contributed by atoms with Crippen molar-refractivity contribution >= 4 is 0 Å². The summed E-state index contributed by atoms with van der Waals surface area (Å²) in [6.45, 7) is 4.57. The third-order valence-electron chi connectivity index (χ3n) is 3.08. The molecule has 15 heavy (non-hydrogen) atoms. The molecule has 4 heteroatoms. The highest BCUT2D eigenvalue weighted by Gasteiger charge is 2.27. The topological polar surface area (TPSA) is 61.8 Å². The van der Waals surface area contributed by atoms with E-state index in [-0.39, 0.29) is 11.7 Å². The molecule has 3 atom stereocenters. The fraction of sp³-hybridized carbons (Fsp3) is 0.727. The molecule has 84 valence electrons. The van der Waals surface area contributed by atoms with Gasteiger partial charge in [0, 0.05) is 6.54 Å². The summed E-state index contributed by atoms with van der Waals surface area (Å²) in [4.78, 5) is 0. The molecule has 0 radical (unpaired) electrons. The van der Waals surface area contributed by atoms with E-state index in [2.05, 4.69) is 5.32 Å². The molecule has 1 aliphatic heterocycles. The highest BCUT2D eigenvalue weighted by Crippen LogP contribution is 2.24. The second kappa shape index (κ2) is 5.24. The lowest BCUT2D eigenvalue weighted by Crippen LogP contribution is -2.31. The lowest BCUT2D eigenvalue weighted by atomic mass is 9.94. The zero-order chi connectivity index (χ0) is 11.4. The molecule has 3 N–H and O–H groups in total. The molecule has 1 aliphatic rings. The van der Waals surface area contributed by atoms with Crippen LogP contribution in [-0.2, 0) is 0 Å². The van der Waals surface area contributed by atoms with Crippen LogP contribution in [0.2, 0.25) is 0 Å². The van der Waals surface area contributed by atoms with E-state index in [0.29, 0.717) is 18.5 Å². The second-order valence-electron chi connectivity index (χ2n) is 4.05. The van der Waals surface area contributed by atoms with Crippen LogP contribution in [0, 0.1) is 17.2 Å². The summed E-state index contributed by atoms with van der Waals surface area (Å²) in [5.41, 5.74) is 6.34. The van der Waals surface area contributed by atoms with Gasteiger partial charge in [-0.1, -0.05) is 20.3 Å². The summed E-state index contributed by atoms with van der Waals surface area (Å²) < 4.78 is 13.9. The van der Waals surface area contributed by atoms with Crippen molar-refractivity contribution in [3.63, 3.8) is 0 Å². The van der Waals surface area contributed by atoms with E-state index in [0.717, 1.165) is 6.42 Å². The molecule has 0 aliphatic carbocycles. The molecule has 1 heterocycles. The Bertz CT molecular complexity index is 293. The average Bonchev–Trinajstić information content (AvgIpc) is 2.73. The van der Waals surface area contributed by atoms with Crippen LogP contribution < -0.4 is 11.1 Å². The van der Waals surface area contributed by atoms with E-state index in [4.69, 9.17) is 11.0 Å². The molecular formula is C11H18FN3. The van der Waals surface area contributed by atoms with Gasteiger partial charge in [0.05, 0.1) is 12.1 Å². The van der Waals surface area contributed by atoms with Crippen LogP contribution in [0.3, 0.4) is 0 Å². The van der Waals surface area contributed by atoms with Crippen molar-refractivity contribution in [1.82, 2.24) is 5.32 Å². The summed E-state index contributed by atoms with van der Waals surface area (Å²) in [7, 11) is 0. The largest absolute Gasteiger partial charge is 0.322 e. The Kier molecular flexibility index (Phi) is 4.25. The first-order chi connectivity index (χ1) is 7.11. The molecule has 1 fully saturated rings. The van der Waals surface area contributed by atoms with Crippen molar-refractivity contribution in [1.29, 1.82) is 5.26 Å². The van der Waals surface area contributed by atoms with Gasteiger partial charge in [0.15, 0.2) is 0 Å². The minimum atomic E-state index is -0.569. The van der Waals surface area contributed by atoms with Gasteiger partial charge in [-0.2, -0.15) is 5.26 Å². The smallest absolute Gasteiger partial charge is 0.120 e. The maximum atomic E-state index is 13.9. The predicted molar refractivity (Wildman–Crippen MR) is 57.6 cm³/mol. The van der Waals surface area contributed by atoms with Gasteiger partial charge in [-0.15, -0.1) is 0 Å². The molecular weight excluding hydrogens is 193 g/mol. The van der Waals surface area contributed by atoms with Gasteiger partial charge in [-0.3, -0.25) is 5.32 Å². The van der Waals surface area contributed by atoms with Crippen LogP contribution in [-0.4, -0.2) is 18.6 Å². The third-order valence-corrected chi connectivity index (χ3v) is 3.08. The normalized spacial score (nSPS) is 28.3. The standard InChI is InChI=1S/C11H18FN3/c1-3-7(2)11(14)10(12)8-4-5-15-9(8)6-13/h7,9,11,15H,3-5,14H2,1-2H3. The number of rotatable bonds is 3. The van der Waals surface area contributed by atoms with Crippen molar-refractivity contribution in [2.45, 2.75) is 38.8 Å². The molecule has 1 saturated heterocycles. The number of halogens is 1. The summed E-state index contributed by atoms with van der Waals surface area (Å²) in [5.74, 6) is -0.182. The molecule has 0 bridgehead atoms. The van der Waals surface area contributed by atoms with Crippen LogP contribution >= 0.6 is 0 Å². The monoisotopic (exact) mass is 211 g/mol. The van der Waals surface area contributed by atoms with Crippen LogP contribution in [0.25, 0.3) is 0 Å². The summed E-state index contributed by atoms with van der Waals surface area (Å²) in [5, 5.41) is 11.7. The third kappa shape index (κ3) is 2.55. The fourth-order valence-corrected chi connectivity index (χ4v) is 1.72. The number of hydrogen-bond donors (Lipinski definition) is 2. The second-order valence-corrected chi connectivity index (χ2v) is 4.05. The predicted octanol–water partition coefficient (Wildman–Crippen LogP) is 1.47. The highest BCUT2D eigenvalue weighted by molar-refractivity contribution is 5.28. The maximum Gasteiger partial charge on any atom is 0.120 e. The zero-order valence-corrected chi connectivity index (χ0v) is 9.26. The summed E-state index contributed by atoms with van der Waals surface area (Å²) in [6.07, 6.45) is 1.43. The Hall–Kier alpha value is -0.920. The molecule has 0 saturated carbocycles. The molecule has 0 aromatic heterocycles. The highest BCUT2D eigenvalue weighted by atomic mass is 19.1. The van der Waals surface area contributed by atoms with Gasteiger partial charge in [-0.25, -0.2) is 4.39 Å². The molecule has 3 unspecified atom stereocenters. The van der Waals surface area contributed by atoms with Gasteiger partial charge in [0.25, 0.3) is 0 Å². The van der Waals surface area contributed by atoms with E-state index in [1.165, 1.54) is 0 Å². The molecule has 0 aromatic rings. The SMILES string of the molecule is CCC(C)C(N)C(F)=C1CCNC1C#N. The van der Waals surface area contributed by atoms with Crippen molar-refractivity contribution in [3.05, 3.63) is 11.4 Å². The van der Waals surface area contributed by atoms with Crippen LogP contribution in [0.15, 0.2) is 11.4 Å². The molecule has 3 nitrogen and oxygen atoms in total. The van der Waals surface area contributed by atoms with Crippen molar-refractivity contribution < 1.29 is 4.39 Å². The first-order valence-electron chi connectivity index (χ1n) is 5.38. The Morgan fingerprint density at radius 1 is 1.80 bits per heavy atom. The molecule has 0 spiro atoms. The Balaban J connectivity index is 2.85. The van der Waals surface area contributed by atoms with Crippen molar-refractivity contribution in [2.75, 3.05) is 6.54 Å². The minimum Gasteiger partial charge on any atom is -0.322 e. The van der Waals surface area contributed by atoms with Gasteiger partial charge in [-0.05, 0) is 17.9 Å². The van der Waals surface area contributed by atoms with Gasteiger partial charge < -0.3 is 5.73 Å². The van der Waals surface area contributed by atoms with Gasteiger partial charge in [0.1, 0.15) is 11.9 Å². The minimum absolute atomic E-state index is 0.109. The van der Waals surface area contributed by atoms with Crippen LogP contribution in [0.5, 0.6) is 0 Å². The van der Waals surface area contributed by atoms with Crippen LogP contribution in [0.4, 0.5) is 4.39 Å². The fourth-order valence-electron chi connectivity index (χ4n) is 1.72. The Morgan fingerprint density at radius 2 is 2.47 bits per heavy atom. The number of nitriles is 1. The van der Waals surface area contributed by atoms with E-state index < -0.39 is 12.1 Å². The van der Waals surface area contributed by atoms with E-state index in [1.54, 1.807) is 0 Å². The molecule has 0 amide bonds. The molecule has 0 aromatic carbocycles. The quantitative estimate of drug-likeness (QED) is 0.743. The lowest BCUT2D eigenvalue weighted by molar-refractivity contribution is 0.409. The van der Waals surface area contributed by atoms with Gasteiger partial charge in [0.2, 0.25) is 0 Å². The number of nitrogens with two attached hydrogens (primary N) is 1. The van der Waals surface area contributed by atoms with E-state index in [9.17, 15) is 4.39 Å². The number of hydrogen-bond acceptors (Lipinski definition) is 3. The van der Waals surface area contributed by atoms with Crippen molar-refractivity contribution in [3.8, 4) is 6.07 Å². The maximum absolute atomic E-state index is 13.9. The van der Waals surface area contributed by atoms with E-state index >= 15 is 0 Å². The number of nitrogens with one attached hydrogen (secondary N) is 1. The Labute approximate surface area is 90.1 Å². The Morgan fingerprint density at radius 3 is 3.00 bits per heavy atom. The molecule has 1 rings (SSSR count). The van der Waals surface area contributed by atoms with Gasteiger partial charge >= 0.3 is 0 Å². The summed E-state index contributed by atoms with van der Waals surface area (Å²) in [6, 6.07) is 0.987. The lowest BCUT2D eigenvalue weighted by Gasteiger charge is -2.18. The number of nitrogens with zero attached hydrogens (tertiary/aromatic N) is 1. The van der Waals surface area contributed by atoms with Crippen LogP contribution in [0.1, 0.15) is 26.7 Å². The first kappa shape index (κ1) is 12.2. The zero-order valence-electron chi connectivity index (χ0n) is 9.26.